The van der Waals surface area contributed by atoms with Crippen LogP contribution in [0, 0.1) is 0 Å². The SMILES string of the molecule is CCCNCC(=O)N[C@@H](CCSC)C(=O)O. The number of carbonyl (C=O) groups excluding carboxylic acids is 1. The van der Waals surface area contributed by atoms with E-state index in [2.05, 4.69) is 10.6 Å². The Bertz CT molecular complexity index is 224. The molecule has 94 valence electrons. The van der Waals surface area contributed by atoms with Crippen molar-refractivity contribution >= 4 is 23.6 Å². The van der Waals surface area contributed by atoms with Crippen LogP contribution in [-0.4, -0.2) is 48.1 Å². The second-order valence-corrected chi connectivity index (χ2v) is 4.40. The molecule has 0 aromatic carbocycles. The zero-order chi connectivity index (χ0) is 12.4. The minimum atomic E-state index is -0.974. The Hall–Kier alpha value is -0.750. The van der Waals surface area contributed by atoms with Crippen molar-refractivity contribution < 1.29 is 14.7 Å². The van der Waals surface area contributed by atoms with Gasteiger partial charge in [0.25, 0.3) is 0 Å². The van der Waals surface area contributed by atoms with Crippen LogP contribution < -0.4 is 10.6 Å². The molecule has 5 nitrogen and oxygen atoms in total. The van der Waals surface area contributed by atoms with Gasteiger partial charge in [-0.1, -0.05) is 6.92 Å². The Kier molecular flexibility index (Phi) is 9.03. The van der Waals surface area contributed by atoms with Crippen LogP contribution in [0.2, 0.25) is 0 Å². The first-order valence-electron chi connectivity index (χ1n) is 5.33. The first kappa shape index (κ1) is 15.2. The molecule has 0 heterocycles. The van der Waals surface area contributed by atoms with Crippen molar-refractivity contribution in [1.82, 2.24) is 10.6 Å². The van der Waals surface area contributed by atoms with E-state index in [1.54, 1.807) is 11.8 Å². The van der Waals surface area contributed by atoms with E-state index in [1.165, 1.54) is 0 Å². The lowest BCUT2D eigenvalue weighted by molar-refractivity contribution is -0.141. The van der Waals surface area contributed by atoms with Crippen LogP contribution in [0.1, 0.15) is 19.8 Å². The second kappa shape index (κ2) is 9.47. The molecule has 0 aliphatic heterocycles. The third-order valence-corrected chi connectivity index (χ3v) is 2.60. The highest BCUT2D eigenvalue weighted by Crippen LogP contribution is 2.00. The number of amides is 1. The Morgan fingerprint density at radius 1 is 1.44 bits per heavy atom. The van der Waals surface area contributed by atoms with Gasteiger partial charge >= 0.3 is 5.97 Å². The fourth-order valence-corrected chi connectivity index (χ4v) is 1.59. The molecule has 0 saturated carbocycles. The number of rotatable bonds is 9. The minimum absolute atomic E-state index is 0.177. The van der Waals surface area contributed by atoms with E-state index in [0.717, 1.165) is 18.7 Å². The lowest BCUT2D eigenvalue weighted by atomic mass is 10.2. The van der Waals surface area contributed by atoms with Gasteiger partial charge in [-0.15, -0.1) is 0 Å². The zero-order valence-electron chi connectivity index (χ0n) is 9.78. The third-order valence-electron chi connectivity index (χ3n) is 1.96. The van der Waals surface area contributed by atoms with Crippen LogP contribution >= 0.6 is 11.8 Å². The van der Waals surface area contributed by atoms with Crippen molar-refractivity contribution in [3.63, 3.8) is 0 Å². The molecule has 1 atom stereocenters. The van der Waals surface area contributed by atoms with Crippen molar-refractivity contribution in [1.29, 1.82) is 0 Å². The molecule has 0 radical (unpaired) electrons. The van der Waals surface area contributed by atoms with Gasteiger partial charge in [0.2, 0.25) is 5.91 Å². The molecule has 0 saturated heterocycles. The number of carbonyl (C=O) groups is 2. The van der Waals surface area contributed by atoms with Gasteiger partial charge in [-0.3, -0.25) is 4.79 Å². The summed E-state index contributed by atoms with van der Waals surface area (Å²) in [4.78, 5) is 22.2. The molecule has 0 fully saturated rings. The summed E-state index contributed by atoms with van der Waals surface area (Å²) in [5.74, 6) is -0.514. The van der Waals surface area contributed by atoms with E-state index in [0.29, 0.717) is 6.42 Å². The molecule has 0 aromatic rings. The minimum Gasteiger partial charge on any atom is -0.480 e. The maximum Gasteiger partial charge on any atom is 0.326 e. The van der Waals surface area contributed by atoms with Gasteiger partial charge in [0, 0.05) is 0 Å². The standard InChI is InChI=1S/C10H20N2O3S/c1-3-5-11-7-9(13)12-8(10(14)15)4-6-16-2/h8,11H,3-7H2,1-2H3,(H,12,13)(H,14,15)/t8-/m0/s1. The van der Waals surface area contributed by atoms with Gasteiger partial charge in [0.1, 0.15) is 6.04 Å². The number of carboxylic acids is 1. The predicted molar refractivity (Wildman–Crippen MR) is 65.7 cm³/mol. The average molecular weight is 248 g/mol. The quantitative estimate of drug-likeness (QED) is 0.512. The van der Waals surface area contributed by atoms with E-state index in [4.69, 9.17) is 5.11 Å². The van der Waals surface area contributed by atoms with E-state index in [1.807, 2.05) is 13.2 Å². The van der Waals surface area contributed by atoms with E-state index >= 15 is 0 Å². The van der Waals surface area contributed by atoms with Gasteiger partial charge in [0.15, 0.2) is 0 Å². The van der Waals surface area contributed by atoms with Crippen molar-refractivity contribution in [3.8, 4) is 0 Å². The number of hydrogen-bond acceptors (Lipinski definition) is 4. The summed E-state index contributed by atoms with van der Waals surface area (Å²) in [5.41, 5.74) is 0. The van der Waals surface area contributed by atoms with Gasteiger partial charge in [-0.25, -0.2) is 4.79 Å². The molecule has 0 aliphatic carbocycles. The number of aliphatic carboxylic acids is 1. The summed E-state index contributed by atoms with van der Waals surface area (Å²) in [6, 6.07) is -0.775. The molecule has 1 amide bonds. The predicted octanol–water partition coefficient (Wildman–Crippen LogP) is 0.309. The fourth-order valence-electron chi connectivity index (χ4n) is 1.12. The first-order valence-corrected chi connectivity index (χ1v) is 6.73. The third kappa shape index (κ3) is 7.53. The van der Waals surface area contributed by atoms with Crippen LogP contribution in [0.3, 0.4) is 0 Å². The Labute approximate surface area is 100 Å². The number of carboxylic acid groups (broad SMARTS) is 1. The summed E-state index contributed by atoms with van der Waals surface area (Å²) >= 11 is 1.57. The van der Waals surface area contributed by atoms with Crippen molar-refractivity contribution in [2.45, 2.75) is 25.8 Å². The number of thioether (sulfide) groups is 1. The van der Waals surface area contributed by atoms with Gasteiger partial charge < -0.3 is 15.7 Å². The second-order valence-electron chi connectivity index (χ2n) is 3.42. The highest BCUT2D eigenvalue weighted by molar-refractivity contribution is 7.98. The summed E-state index contributed by atoms with van der Waals surface area (Å²) in [5, 5.41) is 14.3. The summed E-state index contributed by atoms with van der Waals surface area (Å²) in [6.45, 7) is 2.94. The largest absolute Gasteiger partial charge is 0.480 e. The van der Waals surface area contributed by atoms with Gasteiger partial charge in [-0.2, -0.15) is 11.8 Å². The molecule has 0 rings (SSSR count). The summed E-state index contributed by atoms with van der Waals surface area (Å²) in [7, 11) is 0. The smallest absolute Gasteiger partial charge is 0.326 e. The van der Waals surface area contributed by atoms with Crippen molar-refractivity contribution in [2.24, 2.45) is 0 Å². The molecule has 3 N–H and O–H groups in total. The summed E-state index contributed by atoms with van der Waals surface area (Å²) < 4.78 is 0. The molecule has 0 spiro atoms. The molecule has 6 heteroatoms. The topological polar surface area (TPSA) is 78.4 Å². The Morgan fingerprint density at radius 2 is 2.12 bits per heavy atom. The van der Waals surface area contributed by atoms with Crippen LogP contribution in [0.15, 0.2) is 0 Å². The molecule has 0 aromatic heterocycles. The molecule has 0 bridgehead atoms. The molecule has 0 unspecified atom stereocenters. The van der Waals surface area contributed by atoms with Crippen LogP contribution in [-0.2, 0) is 9.59 Å². The molecular formula is C10H20N2O3S. The van der Waals surface area contributed by atoms with Crippen LogP contribution in [0.25, 0.3) is 0 Å². The number of nitrogens with one attached hydrogen (secondary N) is 2. The van der Waals surface area contributed by atoms with E-state index < -0.39 is 12.0 Å². The number of hydrogen-bond donors (Lipinski definition) is 3. The van der Waals surface area contributed by atoms with Crippen molar-refractivity contribution in [3.05, 3.63) is 0 Å². The summed E-state index contributed by atoms with van der Waals surface area (Å²) in [6.07, 6.45) is 3.31. The van der Waals surface area contributed by atoms with Crippen LogP contribution in [0.5, 0.6) is 0 Å². The Morgan fingerprint density at radius 3 is 2.62 bits per heavy atom. The monoisotopic (exact) mass is 248 g/mol. The van der Waals surface area contributed by atoms with Gasteiger partial charge in [-0.05, 0) is 31.4 Å². The molecular weight excluding hydrogens is 228 g/mol. The van der Waals surface area contributed by atoms with E-state index in [-0.39, 0.29) is 12.5 Å². The maximum atomic E-state index is 11.4. The lowest BCUT2D eigenvalue weighted by Crippen LogP contribution is -2.44. The average Bonchev–Trinajstić information content (AvgIpc) is 2.24. The lowest BCUT2D eigenvalue weighted by Gasteiger charge is -2.14. The van der Waals surface area contributed by atoms with Gasteiger partial charge in [0.05, 0.1) is 6.54 Å². The molecule has 0 aliphatic rings. The van der Waals surface area contributed by atoms with Crippen molar-refractivity contribution in [2.75, 3.05) is 25.1 Å². The first-order chi connectivity index (χ1) is 7.61. The zero-order valence-corrected chi connectivity index (χ0v) is 10.6. The highest BCUT2D eigenvalue weighted by Gasteiger charge is 2.18. The fraction of sp³-hybridized carbons (Fsp3) is 0.800. The Balaban J connectivity index is 3.88. The highest BCUT2D eigenvalue weighted by atomic mass is 32.2. The van der Waals surface area contributed by atoms with E-state index in [9.17, 15) is 9.59 Å². The molecule has 16 heavy (non-hydrogen) atoms. The van der Waals surface area contributed by atoms with Crippen LogP contribution in [0.4, 0.5) is 0 Å². The maximum absolute atomic E-state index is 11.4. The normalized spacial score (nSPS) is 12.1.